The number of alkyl halides is 2. The lowest BCUT2D eigenvalue weighted by Gasteiger charge is -2.14. The molecule has 82 valence electrons. The number of aliphatic carboxylic acids is 1. The molecule has 15 heavy (non-hydrogen) atoms. The van der Waals surface area contributed by atoms with E-state index in [-0.39, 0.29) is 5.56 Å². The first kappa shape index (κ1) is 11.4. The topological polar surface area (TPSA) is 46.5 Å². The summed E-state index contributed by atoms with van der Waals surface area (Å²) in [6.45, 7) is 1.40. The van der Waals surface area contributed by atoms with Gasteiger partial charge < -0.3 is 9.84 Å². The molecule has 0 saturated heterocycles. The van der Waals surface area contributed by atoms with Crippen molar-refractivity contribution in [2.24, 2.45) is 0 Å². The van der Waals surface area contributed by atoms with Crippen LogP contribution < -0.4 is 4.74 Å². The van der Waals surface area contributed by atoms with E-state index in [1.54, 1.807) is 0 Å². The van der Waals surface area contributed by atoms with Gasteiger partial charge in [0.1, 0.15) is 11.6 Å². The molecule has 0 aliphatic heterocycles. The summed E-state index contributed by atoms with van der Waals surface area (Å²) in [4.78, 5) is 10.1. The monoisotopic (exact) mass is 220 g/mol. The summed E-state index contributed by atoms with van der Waals surface area (Å²) in [6.07, 6.45) is -4.36. The number of carboxylic acid groups (broad SMARTS) is 1. The van der Waals surface area contributed by atoms with Crippen molar-refractivity contribution in [2.75, 3.05) is 0 Å². The highest BCUT2D eigenvalue weighted by atomic mass is 19.3. The highest BCUT2D eigenvalue weighted by Crippen LogP contribution is 2.25. The molecule has 0 radical (unpaired) electrons. The number of ether oxygens (including phenoxy) is 1. The number of carbonyl (C=O) groups is 1. The molecular formula is C9H7F3O3. The van der Waals surface area contributed by atoms with Gasteiger partial charge in [0.2, 0.25) is 0 Å². The van der Waals surface area contributed by atoms with Crippen LogP contribution in [-0.2, 0) is 4.79 Å². The summed E-state index contributed by atoms with van der Waals surface area (Å²) >= 11 is 0. The maximum absolute atomic E-state index is 12.7. The third-order valence-electron chi connectivity index (χ3n) is 1.64. The van der Waals surface area contributed by atoms with Gasteiger partial charge in [-0.2, -0.15) is 8.78 Å². The molecule has 0 aromatic heterocycles. The normalized spacial score (nSPS) is 11.2. The molecular weight excluding hydrogens is 213 g/mol. The lowest BCUT2D eigenvalue weighted by Crippen LogP contribution is -2.35. The number of carboxylic acids is 1. The van der Waals surface area contributed by atoms with E-state index in [2.05, 4.69) is 4.74 Å². The number of benzene rings is 1. The zero-order chi connectivity index (χ0) is 11.6. The summed E-state index contributed by atoms with van der Waals surface area (Å²) in [5, 5.41) is 8.09. The molecule has 0 fully saturated rings. The van der Waals surface area contributed by atoms with E-state index in [0.717, 1.165) is 6.07 Å². The molecule has 0 aliphatic carbocycles. The maximum Gasteiger partial charge on any atom is 0.501 e. The Kier molecular flexibility index (Phi) is 2.88. The predicted molar refractivity (Wildman–Crippen MR) is 44.3 cm³/mol. The van der Waals surface area contributed by atoms with Crippen molar-refractivity contribution in [1.29, 1.82) is 0 Å². The third kappa shape index (κ3) is 2.61. The van der Waals surface area contributed by atoms with Gasteiger partial charge in [-0.15, -0.1) is 0 Å². The van der Waals surface area contributed by atoms with Gasteiger partial charge in [-0.1, -0.05) is 6.07 Å². The van der Waals surface area contributed by atoms with E-state index in [9.17, 15) is 18.0 Å². The van der Waals surface area contributed by atoms with Crippen LogP contribution >= 0.6 is 0 Å². The zero-order valence-electron chi connectivity index (χ0n) is 7.63. The van der Waals surface area contributed by atoms with Crippen molar-refractivity contribution in [3.63, 3.8) is 0 Å². The number of hydrogen-bond donors (Lipinski definition) is 1. The van der Waals surface area contributed by atoms with Gasteiger partial charge in [0.25, 0.3) is 0 Å². The van der Waals surface area contributed by atoms with Crippen molar-refractivity contribution in [3.05, 3.63) is 29.6 Å². The van der Waals surface area contributed by atoms with E-state index < -0.39 is 23.6 Å². The van der Waals surface area contributed by atoms with Gasteiger partial charge in [-0.25, -0.2) is 9.18 Å². The largest absolute Gasteiger partial charge is 0.501 e. The van der Waals surface area contributed by atoms with Crippen molar-refractivity contribution in [2.45, 2.75) is 13.0 Å². The summed E-state index contributed by atoms with van der Waals surface area (Å²) in [5.41, 5.74) is 0.220. The lowest BCUT2D eigenvalue weighted by atomic mass is 10.2. The first-order valence-corrected chi connectivity index (χ1v) is 3.89. The minimum Gasteiger partial charge on any atom is -0.474 e. The summed E-state index contributed by atoms with van der Waals surface area (Å²) < 4.78 is 41.8. The molecule has 1 N–H and O–H groups in total. The Morgan fingerprint density at radius 3 is 2.60 bits per heavy atom. The highest BCUT2D eigenvalue weighted by molar-refractivity contribution is 5.74. The van der Waals surface area contributed by atoms with Gasteiger partial charge in [-0.05, 0) is 18.6 Å². The SMILES string of the molecule is Cc1ccc(F)cc1OC(F)(F)C(=O)O. The second-order valence-electron chi connectivity index (χ2n) is 2.83. The second-order valence-corrected chi connectivity index (χ2v) is 2.83. The number of hydrogen-bond acceptors (Lipinski definition) is 2. The molecule has 3 nitrogen and oxygen atoms in total. The molecule has 1 aromatic carbocycles. The van der Waals surface area contributed by atoms with E-state index in [0.29, 0.717) is 6.07 Å². The Labute approximate surface area is 83.1 Å². The Hall–Kier alpha value is -1.72. The number of rotatable bonds is 3. The van der Waals surface area contributed by atoms with Crippen molar-refractivity contribution in [3.8, 4) is 5.75 Å². The van der Waals surface area contributed by atoms with Crippen LogP contribution in [0, 0.1) is 12.7 Å². The first-order valence-electron chi connectivity index (χ1n) is 3.89. The van der Waals surface area contributed by atoms with E-state index in [4.69, 9.17) is 5.11 Å². The number of halogens is 3. The fraction of sp³-hybridized carbons (Fsp3) is 0.222. The molecule has 0 saturated carbocycles. The van der Waals surface area contributed by atoms with Gasteiger partial charge in [-0.3, -0.25) is 0 Å². The third-order valence-corrected chi connectivity index (χ3v) is 1.64. The molecule has 1 aromatic rings. The fourth-order valence-electron chi connectivity index (χ4n) is 0.866. The van der Waals surface area contributed by atoms with Gasteiger partial charge in [0.15, 0.2) is 0 Å². The van der Waals surface area contributed by atoms with Crippen LogP contribution in [0.1, 0.15) is 5.56 Å². The molecule has 0 heterocycles. The summed E-state index contributed by atoms with van der Waals surface area (Å²) in [6, 6.07) is 2.97. The molecule has 6 heteroatoms. The Balaban J connectivity index is 2.99. The molecule has 1 rings (SSSR count). The molecule has 0 amide bonds. The standard InChI is InChI=1S/C9H7F3O3/c1-5-2-3-6(10)4-7(5)15-9(11,12)8(13)14/h2-4H,1H3,(H,13,14). The van der Waals surface area contributed by atoms with Gasteiger partial charge in [0, 0.05) is 6.07 Å². The van der Waals surface area contributed by atoms with Crippen LogP contribution in [0.15, 0.2) is 18.2 Å². The average molecular weight is 220 g/mol. The van der Waals surface area contributed by atoms with Crippen LogP contribution in [0.25, 0.3) is 0 Å². The van der Waals surface area contributed by atoms with Gasteiger partial charge >= 0.3 is 12.1 Å². The Bertz CT molecular complexity index is 390. The van der Waals surface area contributed by atoms with Crippen LogP contribution in [0.5, 0.6) is 5.75 Å². The van der Waals surface area contributed by atoms with Crippen molar-refractivity contribution in [1.82, 2.24) is 0 Å². The highest BCUT2D eigenvalue weighted by Gasteiger charge is 2.42. The van der Waals surface area contributed by atoms with Crippen molar-refractivity contribution < 1.29 is 27.8 Å². The zero-order valence-corrected chi connectivity index (χ0v) is 7.63. The molecule has 0 bridgehead atoms. The van der Waals surface area contributed by atoms with Crippen LogP contribution in [0.4, 0.5) is 13.2 Å². The van der Waals surface area contributed by atoms with Crippen LogP contribution in [0.2, 0.25) is 0 Å². The first-order chi connectivity index (χ1) is 6.83. The Morgan fingerprint density at radius 2 is 2.07 bits per heavy atom. The van der Waals surface area contributed by atoms with Gasteiger partial charge in [0.05, 0.1) is 0 Å². The summed E-state index contributed by atoms with van der Waals surface area (Å²) in [7, 11) is 0. The molecule has 0 atom stereocenters. The number of aryl methyl sites for hydroxylation is 1. The Morgan fingerprint density at radius 1 is 1.47 bits per heavy atom. The van der Waals surface area contributed by atoms with E-state index in [1.165, 1.54) is 13.0 Å². The smallest absolute Gasteiger partial charge is 0.474 e. The van der Waals surface area contributed by atoms with E-state index in [1.807, 2.05) is 0 Å². The van der Waals surface area contributed by atoms with E-state index >= 15 is 0 Å². The fourth-order valence-corrected chi connectivity index (χ4v) is 0.866. The molecule has 0 unspecified atom stereocenters. The lowest BCUT2D eigenvalue weighted by molar-refractivity contribution is -0.211. The molecule has 0 spiro atoms. The van der Waals surface area contributed by atoms with Crippen LogP contribution in [-0.4, -0.2) is 17.2 Å². The average Bonchev–Trinajstić information content (AvgIpc) is 2.10. The van der Waals surface area contributed by atoms with Crippen LogP contribution in [0.3, 0.4) is 0 Å². The molecule has 0 aliphatic rings. The minimum absolute atomic E-state index is 0.220. The quantitative estimate of drug-likeness (QED) is 0.849. The van der Waals surface area contributed by atoms with Crippen molar-refractivity contribution >= 4 is 5.97 Å². The summed E-state index contributed by atoms with van der Waals surface area (Å²) in [5.74, 6) is -3.70. The maximum atomic E-state index is 12.7. The minimum atomic E-state index is -4.36. The second kappa shape index (κ2) is 3.80. The predicted octanol–water partition coefficient (Wildman–Crippen LogP) is 2.19.